The summed E-state index contributed by atoms with van der Waals surface area (Å²) < 4.78 is 0. The van der Waals surface area contributed by atoms with Crippen LogP contribution in [-0.4, -0.2) is 0 Å². The maximum atomic E-state index is 4.47. The molecule has 136 valence electrons. The lowest BCUT2D eigenvalue weighted by atomic mass is 10.1. The number of rotatable bonds is 2. The lowest BCUT2D eigenvalue weighted by Gasteiger charge is -2.07. The monoisotopic (exact) mass is 364 g/mol. The van der Waals surface area contributed by atoms with Gasteiger partial charge in [0, 0.05) is 10.1 Å². The quantitative estimate of drug-likeness (QED) is 0.494. The lowest BCUT2D eigenvalue weighted by Crippen LogP contribution is -1.87. The third kappa shape index (κ3) is 13.6. The Bertz CT molecular complexity index is 504. The first-order valence-corrected chi connectivity index (χ1v) is 9.91. The van der Waals surface area contributed by atoms with Crippen molar-refractivity contribution < 1.29 is 0 Å². The average Bonchev–Trinajstić information content (AvgIpc) is 2.57. The van der Waals surface area contributed by atoms with E-state index >= 15 is 0 Å². The van der Waals surface area contributed by atoms with Crippen LogP contribution in [0.2, 0.25) is 0 Å². The number of benzene rings is 2. The summed E-state index contributed by atoms with van der Waals surface area (Å²) in [4.78, 5) is 1.03. The molecule has 0 spiro atoms. The minimum atomic E-state index is 0.398. The molecule has 0 bridgehead atoms. The molecule has 0 radical (unpaired) electrons. The van der Waals surface area contributed by atoms with Crippen LogP contribution in [0, 0.1) is 13.8 Å². The predicted octanol–water partition coefficient (Wildman–Crippen LogP) is 8.10. The second-order valence-corrected chi connectivity index (χ2v) is 6.52. The minimum absolute atomic E-state index is 0.398. The zero-order valence-corrected chi connectivity index (χ0v) is 18.3. The molecule has 24 heavy (non-hydrogen) atoms. The Morgan fingerprint density at radius 3 is 1.62 bits per heavy atom. The Morgan fingerprint density at radius 1 is 0.833 bits per heavy atom. The second-order valence-electron chi connectivity index (χ2n) is 5.38. The molecule has 2 rings (SSSR count). The van der Waals surface area contributed by atoms with Gasteiger partial charge in [0.1, 0.15) is 0 Å². The molecular weight excluding hydrogens is 328 g/mol. The molecular formula is C22H36S2. The highest BCUT2D eigenvalue weighted by Crippen LogP contribution is 2.23. The van der Waals surface area contributed by atoms with Crippen molar-refractivity contribution in [2.45, 2.75) is 71.5 Å². The van der Waals surface area contributed by atoms with Crippen LogP contribution in [0.1, 0.15) is 69.4 Å². The summed E-state index contributed by atoms with van der Waals surface area (Å²) in [5.74, 6) is 0. The fraction of sp³-hybridized carbons (Fsp3) is 0.455. The van der Waals surface area contributed by atoms with Crippen LogP contribution in [0.3, 0.4) is 0 Å². The molecule has 0 amide bonds. The fourth-order valence-electron chi connectivity index (χ4n) is 1.74. The molecule has 0 saturated carbocycles. The van der Waals surface area contributed by atoms with Gasteiger partial charge in [-0.15, -0.1) is 12.6 Å². The summed E-state index contributed by atoms with van der Waals surface area (Å²) in [6.45, 7) is 14.6. The maximum absolute atomic E-state index is 4.47. The maximum Gasteiger partial charge on any atom is 0.0264 e. The van der Waals surface area contributed by atoms with Gasteiger partial charge in [-0.2, -0.15) is 12.6 Å². The van der Waals surface area contributed by atoms with Crippen LogP contribution in [0.15, 0.2) is 53.4 Å². The summed E-state index contributed by atoms with van der Waals surface area (Å²) >= 11 is 8.62. The van der Waals surface area contributed by atoms with Crippen molar-refractivity contribution in [1.29, 1.82) is 0 Å². The van der Waals surface area contributed by atoms with E-state index in [1.54, 1.807) is 0 Å². The van der Waals surface area contributed by atoms with E-state index in [9.17, 15) is 0 Å². The van der Waals surface area contributed by atoms with Gasteiger partial charge in [0.15, 0.2) is 0 Å². The van der Waals surface area contributed by atoms with Crippen molar-refractivity contribution in [3.05, 3.63) is 65.2 Å². The third-order valence-electron chi connectivity index (χ3n) is 2.82. The Labute approximate surface area is 161 Å². The highest BCUT2D eigenvalue weighted by molar-refractivity contribution is 7.80. The fourth-order valence-corrected chi connectivity index (χ4v) is 2.19. The van der Waals surface area contributed by atoms with Gasteiger partial charge in [-0.05, 0) is 38.0 Å². The van der Waals surface area contributed by atoms with E-state index in [4.69, 9.17) is 0 Å². The molecule has 0 aliphatic rings. The summed E-state index contributed by atoms with van der Waals surface area (Å²) in [5.41, 5.74) is 3.91. The standard InChI is InChI=1S/C10H14S.C7H8S.C3H8.C2H6/c1-3-10(11)9-6-4-5-8(2)7-9;1-6-3-2-4-7(8)5-6;1-3-2;1-2/h4-7,10-11H,3H2,1-2H3;2-5,8H,1H3;3H2,1-2H3;1-2H3. The SMILES string of the molecule is CC.CCC.CCC(S)c1cccc(C)c1.Cc1cccc(S)c1. The molecule has 0 aromatic heterocycles. The van der Waals surface area contributed by atoms with Gasteiger partial charge >= 0.3 is 0 Å². The van der Waals surface area contributed by atoms with Crippen LogP contribution in [-0.2, 0) is 0 Å². The van der Waals surface area contributed by atoms with Gasteiger partial charge in [-0.3, -0.25) is 0 Å². The van der Waals surface area contributed by atoms with Crippen molar-refractivity contribution in [3.8, 4) is 0 Å². The summed E-state index contributed by atoms with van der Waals surface area (Å²) in [5, 5.41) is 0.398. The Morgan fingerprint density at radius 2 is 1.29 bits per heavy atom. The van der Waals surface area contributed by atoms with E-state index in [1.165, 1.54) is 23.1 Å². The smallest absolute Gasteiger partial charge is 0.0264 e. The second kappa shape index (κ2) is 17.0. The first-order valence-electron chi connectivity index (χ1n) is 8.94. The molecule has 1 atom stereocenters. The first kappa shape index (κ1) is 25.4. The normalized spacial score (nSPS) is 10.0. The van der Waals surface area contributed by atoms with E-state index in [1.807, 2.05) is 32.0 Å². The van der Waals surface area contributed by atoms with Gasteiger partial charge in [-0.25, -0.2) is 0 Å². The average molecular weight is 365 g/mol. The van der Waals surface area contributed by atoms with Gasteiger partial charge in [0.25, 0.3) is 0 Å². The zero-order valence-electron chi connectivity index (χ0n) is 16.5. The van der Waals surface area contributed by atoms with Crippen LogP contribution < -0.4 is 0 Å². The van der Waals surface area contributed by atoms with Crippen LogP contribution in [0.5, 0.6) is 0 Å². The lowest BCUT2D eigenvalue weighted by molar-refractivity contribution is 0.901. The van der Waals surface area contributed by atoms with Gasteiger partial charge in [0.2, 0.25) is 0 Å². The van der Waals surface area contributed by atoms with E-state index in [-0.39, 0.29) is 0 Å². The van der Waals surface area contributed by atoms with E-state index in [0.717, 1.165) is 11.3 Å². The number of hydrogen-bond acceptors (Lipinski definition) is 2. The molecule has 0 aliphatic carbocycles. The van der Waals surface area contributed by atoms with E-state index in [0.29, 0.717) is 5.25 Å². The van der Waals surface area contributed by atoms with Crippen molar-refractivity contribution in [3.63, 3.8) is 0 Å². The molecule has 1 unspecified atom stereocenters. The van der Waals surface area contributed by atoms with E-state index < -0.39 is 0 Å². The minimum Gasteiger partial charge on any atom is -0.171 e. The summed E-state index contributed by atoms with van der Waals surface area (Å²) in [7, 11) is 0. The van der Waals surface area contributed by atoms with Crippen molar-refractivity contribution in [2.75, 3.05) is 0 Å². The van der Waals surface area contributed by atoms with Crippen LogP contribution in [0.25, 0.3) is 0 Å². The number of thiol groups is 2. The van der Waals surface area contributed by atoms with Crippen LogP contribution in [0.4, 0.5) is 0 Å². The molecule has 2 aromatic rings. The summed E-state index contributed by atoms with van der Waals surface area (Å²) in [6.07, 6.45) is 2.34. The van der Waals surface area contributed by atoms with Crippen molar-refractivity contribution in [2.24, 2.45) is 0 Å². The molecule has 2 aromatic carbocycles. The Balaban J connectivity index is 0. The topological polar surface area (TPSA) is 0 Å². The molecule has 0 N–H and O–H groups in total. The Kier molecular flexibility index (Phi) is 18.0. The largest absolute Gasteiger partial charge is 0.171 e. The molecule has 0 heterocycles. The molecule has 0 aliphatic heterocycles. The highest BCUT2D eigenvalue weighted by Gasteiger charge is 2.01. The van der Waals surface area contributed by atoms with Gasteiger partial charge < -0.3 is 0 Å². The number of hydrogen-bond donors (Lipinski definition) is 2. The number of aryl methyl sites for hydroxylation is 2. The van der Waals surface area contributed by atoms with Crippen molar-refractivity contribution >= 4 is 25.3 Å². The van der Waals surface area contributed by atoms with Crippen LogP contribution >= 0.6 is 25.3 Å². The van der Waals surface area contributed by atoms with Gasteiger partial charge in [0.05, 0.1) is 0 Å². The molecule has 0 saturated heterocycles. The molecule has 2 heteroatoms. The van der Waals surface area contributed by atoms with E-state index in [2.05, 4.69) is 90.2 Å². The third-order valence-corrected chi connectivity index (χ3v) is 3.76. The molecule has 0 nitrogen and oxygen atoms in total. The summed E-state index contributed by atoms with van der Waals surface area (Å²) in [6, 6.07) is 16.6. The van der Waals surface area contributed by atoms with Gasteiger partial charge in [-0.1, -0.05) is 88.6 Å². The van der Waals surface area contributed by atoms with Crippen molar-refractivity contribution in [1.82, 2.24) is 0 Å². The predicted molar refractivity (Wildman–Crippen MR) is 119 cm³/mol. The highest BCUT2D eigenvalue weighted by atomic mass is 32.1. The Hall–Kier alpha value is -0.860. The zero-order chi connectivity index (χ0) is 19.0. The molecule has 0 fully saturated rings. The first-order chi connectivity index (χ1) is 11.4.